The lowest BCUT2D eigenvalue weighted by molar-refractivity contribution is -0.156. The predicted octanol–water partition coefficient (Wildman–Crippen LogP) is 0.375. The van der Waals surface area contributed by atoms with Crippen LogP contribution in [-0.4, -0.2) is 35.7 Å². The molecule has 0 aromatic heterocycles. The Morgan fingerprint density at radius 1 is 1.41 bits per heavy atom. The van der Waals surface area contributed by atoms with Gasteiger partial charge in [0.25, 0.3) is 0 Å². The molecule has 0 aliphatic rings. The van der Waals surface area contributed by atoms with Gasteiger partial charge in [0.05, 0.1) is 7.11 Å². The lowest BCUT2D eigenvalue weighted by atomic mass is 9.97. The van der Waals surface area contributed by atoms with Crippen molar-refractivity contribution in [3.05, 3.63) is 34.9 Å². The lowest BCUT2D eigenvalue weighted by Crippen LogP contribution is -2.29. The third kappa shape index (κ3) is 2.89. The number of methoxy groups -OCH3 is 1. The van der Waals surface area contributed by atoms with E-state index < -0.39 is 18.2 Å². The number of esters is 1. The zero-order chi connectivity index (χ0) is 13.0. The minimum Gasteiger partial charge on any atom is -0.467 e. The molecule has 0 spiro atoms. The molecular formula is C12H14O5. The van der Waals surface area contributed by atoms with Gasteiger partial charge in [-0.15, -0.1) is 0 Å². The van der Waals surface area contributed by atoms with E-state index in [9.17, 15) is 19.8 Å². The van der Waals surface area contributed by atoms with Gasteiger partial charge >= 0.3 is 5.97 Å². The number of aliphatic hydroxyl groups excluding tert-OH is 2. The van der Waals surface area contributed by atoms with E-state index in [0.29, 0.717) is 6.29 Å². The van der Waals surface area contributed by atoms with Crippen LogP contribution in [0.4, 0.5) is 0 Å². The summed E-state index contributed by atoms with van der Waals surface area (Å²) < 4.78 is 4.31. The van der Waals surface area contributed by atoms with Gasteiger partial charge in [-0.1, -0.05) is 17.7 Å². The van der Waals surface area contributed by atoms with Crippen molar-refractivity contribution in [2.24, 2.45) is 0 Å². The van der Waals surface area contributed by atoms with Crippen molar-refractivity contribution in [3.63, 3.8) is 0 Å². The zero-order valence-corrected chi connectivity index (χ0v) is 9.58. The Balaban J connectivity index is 3.07. The maximum Gasteiger partial charge on any atom is 0.337 e. The van der Waals surface area contributed by atoms with E-state index in [-0.39, 0.29) is 11.1 Å². The summed E-state index contributed by atoms with van der Waals surface area (Å²) in [6.07, 6.45) is -2.63. The molecule has 0 radical (unpaired) electrons. The van der Waals surface area contributed by atoms with Gasteiger partial charge in [-0.05, 0) is 18.6 Å². The summed E-state index contributed by atoms with van der Waals surface area (Å²) in [5.74, 6) is -0.949. The van der Waals surface area contributed by atoms with Gasteiger partial charge in [0, 0.05) is 5.56 Å². The standard InChI is InChI=1S/C12H14O5/c1-7-3-4-9(8(5-7)6-13)10(14)11(15)12(16)17-2/h3-6,10-11,14-15H,1-2H3. The highest BCUT2D eigenvalue weighted by atomic mass is 16.5. The molecule has 2 atom stereocenters. The van der Waals surface area contributed by atoms with Crippen LogP contribution in [-0.2, 0) is 9.53 Å². The minimum absolute atomic E-state index is 0.198. The first-order chi connectivity index (χ1) is 8.01. The van der Waals surface area contributed by atoms with Crippen LogP contribution in [0.25, 0.3) is 0 Å². The number of aryl methyl sites for hydroxylation is 1. The Morgan fingerprint density at radius 3 is 2.59 bits per heavy atom. The number of aliphatic hydroxyl groups is 2. The van der Waals surface area contributed by atoms with Gasteiger partial charge in [0.2, 0.25) is 0 Å². The second-order valence-electron chi connectivity index (χ2n) is 3.66. The van der Waals surface area contributed by atoms with Crippen molar-refractivity contribution in [1.29, 1.82) is 0 Å². The van der Waals surface area contributed by atoms with Crippen molar-refractivity contribution in [2.45, 2.75) is 19.1 Å². The zero-order valence-electron chi connectivity index (χ0n) is 9.58. The molecule has 0 fully saturated rings. The van der Waals surface area contributed by atoms with Crippen molar-refractivity contribution in [1.82, 2.24) is 0 Å². The van der Waals surface area contributed by atoms with E-state index in [1.807, 2.05) is 0 Å². The number of aldehydes is 1. The van der Waals surface area contributed by atoms with Crippen LogP contribution in [0.1, 0.15) is 27.6 Å². The normalized spacial score (nSPS) is 13.9. The molecule has 92 valence electrons. The number of hydrogen-bond acceptors (Lipinski definition) is 5. The molecule has 2 unspecified atom stereocenters. The third-order valence-electron chi connectivity index (χ3n) is 2.43. The molecule has 0 aliphatic heterocycles. The average molecular weight is 238 g/mol. The first-order valence-electron chi connectivity index (χ1n) is 5.01. The molecule has 0 amide bonds. The fourth-order valence-corrected chi connectivity index (χ4v) is 1.49. The molecule has 2 N–H and O–H groups in total. The SMILES string of the molecule is COC(=O)C(O)C(O)c1ccc(C)cc1C=O. The fourth-order valence-electron chi connectivity index (χ4n) is 1.49. The smallest absolute Gasteiger partial charge is 0.337 e. The summed E-state index contributed by atoms with van der Waals surface area (Å²) in [4.78, 5) is 21.9. The number of carbonyl (C=O) groups excluding carboxylic acids is 2. The molecular weight excluding hydrogens is 224 g/mol. The van der Waals surface area contributed by atoms with E-state index in [2.05, 4.69) is 4.74 Å². The van der Waals surface area contributed by atoms with Crippen LogP contribution in [0.5, 0.6) is 0 Å². The highest BCUT2D eigenvalue weighted by molar-refractivity contribution is 5.80. The Bertz CT molecular complexity index is 427. The first-order valence-corrected chi connectivity index (χ1v) is 5.01. The molecule has 0 aliphatic carbocycles. The largest absolute Gasteiger partial charge is 0.467 e. The van der Waals surface area contributed by atoms with E-state index in [1.54, 1.807) is 19.1 Å². The molecule has 17 heavy (non-hydrogen) atoms. The second-order valence-corrected chi connectivity index (χ2v) is 3.66. The van der Waals surface area contributed by atoms with Crippen molar-refractivity contribution < 1.29 is 24.5 Å². The Hall–Kier alpha value is -1.72. The van der Waals surface area contributed by atoms with Gasteiger partial charge < -0.3 is 14.9 Å². The highest BCUT2D eigenvalue weighted by Crippen LogP contribution is 2.22. The Kier molecular flexibility index (Phi) is 4.37. The van der Waals surface area contributed by atoms with Gasteiger partial charge in [-0.2, -0.15) is 0 Å². The number of carbonyl (C=O) groups is 2. The number of rotatable bonds is 4. The molecule has 5 nitrogen and oxygen atoms in total. The topological polar surface area (TPSA) is 83.8 Å². The molecule has 0 saturated carbocycles. The number of ether oxygens (including phenoxy) is 1. The molecule has 1 aromatic carbocycles. The molecule has 5 heteroatoms. The highest BCUT2D eigenvalue weighted by Gasteiger charge is 2.28. The Labute approximate surface area is 98.6 Å². The molecule has 1 aromatic rings. The Morgan fingerprint density at radius 2 is 2.06 bits per heavy atom. The molecule has 0 heterocycles. The van der Waals surface area contributed by atoms with Gasteiger partial charge in [0.1, 0.15) is 12.4 Å². The molecule has 0 bridgehead atoms. The number of hydrogen-bond donors (Lipinski definition) is 2. The molecule has 1 rings (SSSR count). The lowest BCUT2D eigenvalue weighted by Gasteiger charge is -2.17. The van der Waals surface area contributed by atoms with Gasteiger partial charge in [0.15, 0.2) is 6.10 Å². The van der Waals surface area contributed by atoms with Crippen molar-refractivity contribution in [2.75, 3.05) is 7.11 Å². The van der Waals surface area contributed by atoms with Crippen LogP contribution in [0.3, 0.4) is 0 Å². The maximum atomic E-state index is 11.1. The van der Waals surface area contributed by atoms with E-state index >= 15 is 0 Å². The summed E-state index contributed by atoms with van der Waals surface area (Å²) in [6.45, 7) is 1.79. The van der Waals surface area contributed by atoms with Crippen molar-refractivity contribution >= 4 is 12.3 Å². The first kappa shape index (κ1) is 13.3. The summed E-state index contributed by atoms with van der Waals surface area (Å²) >= 11 is 0. The van der Waals surface area contributed by atoms with Crippen LogP contribution in [0, 0.1) is 6.92 Å². The minimum atomic E-state index is -1.71. The van der Waals surface area contributed by atoms with E-state index in [0.717, 1.165) is 12.7 Å². The van der Waals surface area contributed by atoms with Crippen LogP contribution in [0.2, 0.25) is 0 Å². The summed E-state index contributed by atoms with van der Waals surface area (Å²) in [5.41, 5.74) is 1.28. The average Bonchev–Trinajstić information content (AvgIpc) is 2.35. The second kappa shape index (κ2) is 5.56. The van der Waals surface area contributed by atoms with Crippen molar-refractivity contribution in [3.8, 4) is 0 Å². The van der Waals surface area contributed by atoms with Crippen LogP contribution < -0.4 is 0 Å². The monoisotopic (exact) mass is 238 g/mol. The summed E-state index contributed by atoms with van der Waals surface area (Å²) in [5, 5.41) is 19.3. The van der Waals surface area contributed by atoms with Crippen LogP contribution >= 0.6 is 0 Å². The summed E-state index contributed by atoms with van der Waals surface area (Å²) in [7, 11) is 1.11. The third-order valence-corrected chi connectivity index (χ3v) is 2.43. The van der Waals surface area contributed by atoms with E-state index in [4.69, 9.17) is 0 Å². The van der Waals surface area contributed by atoms with Crippen LogP contribution in [0.15, 0.2) is 18.2 Å². The van der Waals surface area contributed by atoms with Gasteiger partial charge in [-0.3, -0.25) is 4.79 Å². The predicted molar refractivity (Wildman–Crippen MR) is 59.5 cm³/mol. The quantitative estimate of drug-likeness (QED) is 0.585. The van der Waals surface area contributed by atoms with Gasteiger partial charge in [-0.25, -0.2) is 4.79 Å². The number of benzene rings is 1. The summed E-state index contributed by atoms with van der Waals surface area (Å²) in [6, 6.07) is 4.74. The van der Waals surface area contributed by atoms with E-state index in [1.165, 1.54) is 6.07 Å². The molecule has 0 saturated heterocycles. The maximum absolute atomic E-state index is 11.1. The fraction of sp³-hybridized carbons (Fsp3) is 0.333.